The van der Waals surface area contributed by atoms with Gasteiger partial charge in [-0.15, -0.1) is 0 Å². The van der Waals surface area contributed by atoms with Crippen molar-refractivity contribution in [3.63, 3.8) is 0 Å². The highest BCUT2D eigenvalue weighted by Crippen LogP contribution is 2.33. The maximum Gasteiger partial charge on any atom is 0.0200 e. The molecule has 3 rings (SSSR count). The lowest BCUT2D eigenvalue weighted by atomic mass is 9.85. The van der Waals surface area contributed by atoms with Gasteiger partial charge in [0.2, 0.25) is 0 Å². The highest BCUT2D eigenvalue weighted by Gasteiger charge is 2.35. The van der Waals surface area contributed by atoms with Crippen LogP contribution in [0.2, 0.25) is 0 Å². The molecule has 2 saturated heterocycles. The zero-order valence-electron chi connectivity index (χ0n) is 11.9. The van der Waals surface area contributed by atoms with Gasteiger partial charge >= 0.3 is 0 Å². The molecule has 18 heavy (non-hydrogen) atoms. The zero-order valence-corrected chi connectivity index (χ0v) is 11.9. The molecule has 0 bridgehead atoms. The molecule has 1 saturated carbocycles. The van der Waals surface area contributed by atoms with Crippen LogP contribution in [0, 0.1) is 5.92 Å². The van der Waals surface area contributed by atoms with Crippen molar-refractivity contribution in [1.82, 2.24) is 15.1 Å². The van der Waals surface area contributed by atoms with Crippen LogP contribution >= 0.6 is 0 Å². The van der Waals surface area contributed by atoms with Gasteiger partial charge in [-0.05, 0) is 31.7 Å². The van der Waals surface area contributed by atoms with Crippen LogP contribution in [0.3, 0.4) is 0 Å². The molecular formula is C15H29N3. The fourth-order valence-electron chi connectivity index (χ4n) is 4.17. The molecular weight excluding hydrogens is 222 g/mol. The maximum absolute atomic E-state index is 3.91. The molecule has 0 amide bonds. The van der Waals surface area contributed by atoms with Crippen LogP contribution < -0.4 is 5.32 Å². The number of piperazine rings is 1. The lowest BCUT2D eigenvalue weighted by Crippen LogP contribution is -2.50. The molecule has 2 heterocycles. The molecule has 0 spiro atoms. The molecule has 3 fully saturated rings. The first-order valence-corrected chi connectivity index (χ1v) is 8.06. The second-order valence-electron chi connectivity index (χ2n) is 6.49. The second kappa shape index (κ2) is 5.89. The summed E-state index contributed by atoms with van der Waals surface area (Å²) in [4.78, 5) is 5.25. The quantitative estimate of drug-likeness (QED) is 0.821. The van der Waals surface area contributed by atoms with Crippen LogP contribution in [-0.4, -0.2) is 61.2 Å². The number of nitrogens with one attached hydrogen (secondary N) is 1. The highest BCUT2D eigenvalue weighted by atomic mass is 15.3. The number of nitrogens with zero attached hydrogens (tertiary/aromatic N) is 2. The third-order valence-electron chi connectivity index (χ3n) is 5.34. The summed E-state index contributed by atoms with van der Waals surface area (Å²) >= 11 is 0. The maximum atomic E-state index is 3.91. The van der Waals surface area contributed by atoms with Gasteiger partial charge in [0, 0.05) is 44.8 Å². The largest absolute Gasteiger partial charge is 0.310 e. The highest BCUT2D eigenvalue weighted by molar-refractivity contribution is 4.94. The van der Waals surface area contributed by atoms with E-state index in [0.29, 0.717) is 0 Å². The molecule has 1 aliphatic carbocycles. The summed E-state index contributed by atoms with van der Waals surface area (Å²) in [5.74, 6) is 1.00. The van der Waals surface area contributed by atoms with Crippen molar-refractivity contribution >= 4 is 0 Å². The third-order valence-corrected chi connectivity index (χ3v) is 5.34. The minimum Gasteiger partial charge on any atom is -0.310 e. The average Bonchev–Trinajstić information content (AvgIpc) is 2.82. The standard InChI is InChI=1S/C15H29N3/c1-2-17-7-9-18(10-8-17)12-14-11-13-5-3-4-6-15(13)16-14/h13-16H,2-12H2,1H3. The van der Waals surface area contributed by atoms with Gasteiger partial charge in [0.05, 0.1) is 0 Å². The fraction of sp³-hybridized carbons (Fsp3) is 1.00. The van der Waals surface area contributed by atoms with Crippen LogP contribution in [0.1, 0.15) is 39.0 Å². The van der Waals surface area contributed by atoms with Crippen molar-refractivity contribution in [3.8, 4) is 0 Å². The van der Waals surface area contributed by atoms with Gasteiger partial charge < -0.3 is 10.2 Å². The summed E-state index contributed by atoms with van der Waals surface area (Å²) in [6.07, 6.45) is 7.29. The van der Waals surface area contributed by atoms with E-state index >= 15 is 0 Å². The summed E-state index contributed by atoms with van der Waals surface area (Å²) in [7, 11) is 0. The average molecular weight is 251 g/mol. The van der Waals surface area contributed by atoms with E-state index < -0.39 is 0 Å². The van der Waals surface area contributed by atoms with Gasteiger partial charge in [-0.1, -0.05) is 19.8 Å². The Hall–Kier alpha value is -0.120. The SMILES string of the molecule is CCN1CCN(CC2CC3CCCCC3N2)CC1. The molecule has 0 radical (unpaired) electrons. The molecule has 104 valence electrons. The monoisotopic (exact) mass is 251 g/mol. The van der Waals surface area contributed by atoms with Gasteiger partial charge in [-0.3, -0.25) is 4.90 Å². The molecule has 3 aliphatic rings. The lowest BCUT2D eigenvalue weighted by Gasteiger charge is -2.35. The number of rotatable bonds is 3. The second-order valence-corrected chi connectivity index (χ2v) is 6.49. The number of hydrogen-bond acceptors (Lipinski definition) is 3. The van der Waals surface area contributed by atoms with Crippen LogP contribution in [0.25, 0.3) is 0 Å². The predicted molar refractivity (Wildman–Crippen MR) is 75.8 cm³/mol. The molecule has 3 nitrogen and oxygen atoms in total. The van der Waals surface area contributed by atoms with E-state index in [1.807, 2.05) is 0 Å². The van der Waals surface area contributed by atoms with Gasteiger partial charge in [0.25, 0.3) is 0 Å². The molecule has 3 heteroatoms. The summed E-state index contributed by atoms with van der Waals surface area (Å²) in [6, 6.07) is 1.65. The lowest BCUT2D eigenvalue weighted by molar-refractivity contribution is 0.128. The van der Waals surface area contributed by atoms with E-state index in [9.17, 15) is 0 Å². The van der Waals surface area contributed by atoms with Gasteiger partial charge in [-0.25, -0.2) is 0 Å². The first-order chi connectivity index (χ1) is 8.85. The van der Waals surface area contributed by atoms with E-state index in [1.54, 1.807) is 0 Å². The van der Waals surface area contributed by atoms with Crippen molar-refractivity contribution in [2.45, 2.75) is 51.1 Å². The summed E-state index contributed by atoms with van der Waals surface area (Å²) in [5.41, 5.74) is 0. The molecule has 1 N–H and O–H groups in total. The first kappa shape index (κ1) is 12.9. The normalized spacial score (nSPS) is 38.8. The zero-order chi connectivity index (χ0) is 12.4. The van der Waals surface area contributed by atoms with E-state index in [-0.39, 0.29) is 0 Å². The Bertz CT molecular complexity index is 246. The smallest absolute Gasteiger partial charge is 0.0200 e. The van der Waals surface area contributed by atoms with Gasteiger partial charge in [0.15, 0.2) is 0 Å². The predicted octanol–water partition coefficient (Wildman–Crippen LogP) is 1.54. The molecule has 0 aromatic heterocycles. The van der Waals surface area contributed by atoms with Gasteiger partial charge in [0.1, 0.15) is 0 Å². The molecule has 3 unspecified atom stereocenters. The van der Waals surface area contributed by atoms with Crippen molar-refractivity contribution < 1.29 is 0 Å². The Balaban J connectivity index is 1.44. The van der Waals surface area contributed by atoms with Crippen molar-refractivity contribution in [1.29, 1.82) is 0 Å². The number of fused-ring (bicyclic) bond motifs is 1. The fourth-order valence-corrected chi connectivity index (χ4v) is 4.17. The van der Waals surface area contributed by atoms with Crippen LogP contribution in [0.5, 0.6) is 0 Å². The Kier molecular flexibility index (Phi) is 4.22. The third kappa shape index (κ3) is 2.89. The molecule has 2 aliphatic heterocycles. The van der Waals surface area contributed by atoms with Crippen LogP contribution in [0.4, 0.5) is 0 Å². The van der Waals surface area contributed by atoms with Crippen LogP contribution in [0.15, 0.2) is 0 Å². The molecule has 0 aromatic carbocycles. The first-order valence-electron chi connectivity index (χ1n) is 8.06. The van der Waals surface area contributed by atoms with E-state index in [4.69, 9.17) is 0 Å². The Morgan fingerprint density at radius 2 is 1.72 bits per heavy atom. The van der Waals surface area contributed by atoms with Crippen molar-refractivity contribution in [2.24, 2.45) is 5.92 Å². The van der Waals surface area contributed by atoms with Gasteiger partial charge in [-0.2, -0.15) is 0 Å². The summed E-state index contributed by atoms with van der Waals surface area (Å²) in [6.45, 7) is 9.90. The Morgan fingerprint density at radius 3 is 2.44 bits per heavy atom. The Morgan fingerprint density at radius 1 is 1.00 bits per heavy atom. The molecule has 0 aromatic rings. The van der Waals surface area contributed by atoms with Crippen LogP contribution in [-0.2, 0) is 0 Å². The van der Waals surface area contributed by atoms with Crippen molar-refractivity contribution in [2.75, 3.05) is 39.3 Å². The number of hydrogen-bond donors (Lipinski definition) is 1. The van der Waals surface area contributed by atoms with E-state index in [1.165, 1.54) is 71.4 Å². The Labute approximate surface area is 112 Å². The summed E-state index contributed by atoms with van der Waals surface area (Å²) in [5, 5.41) is 3.91. The van der Waals surface area contributed by atoms with E-state index in [0.717, 1.165) is 18.0 Å². The molecule has 3 atom stereocenters. The summed E-state index contributed by atoms with van der Waals surface area (Å²) < 4.78 is 0. The minimum atomic E-state index is 0.784. The topological polar surface area (TPSA) is 18.5 Å². The van der Waals surface area contributed by atoms with E-state index in [2.05, 4.69) is 22.0 Å². The minimum absolute atomic E-state index is 0.784. The number of likely N-dealkylation sites (N-methyl/N-ethyl adjacent to an activating group) is 1. The van der Waals surface area contributed by atoms with Crippen molar-refractivity contribution in [3.05, 3.63) is 0 Å².